The van der Waals surface area contributed by atoms with Crippen LogP contribution in [0.15, 0.2) is 11.6 Å². The predicted molar refractivity (Wildman–Crippen MR) is 69.2 cm³/mol. The van der Waals surface area contributed by atoms with E-state index in [2.05, 4.69) is 27.8 Å². The van der Waals surface area contributed by atoms with Gasteiger partial charge < -0.3 is 14.6 Å². The standard InChI is InChI=1S/C12H17BrO4/c1-2-16-9-10-17-8-6-11(12(14)15)5-3-4-7-13/h5H,2,6-10H2,1H3,(H,14,15). The third-order valence-corrected chi connectivity index (χ3v) is 2.06. The first-order valence-corrected chi connectivity index (χ1v) is 6.46. The zero-order chi connectivity index (χ0) is 12.9. The number of hydrogen-bond acceptors (Lipinski definition) is 3. The maximum atomic E-state index is 10.8. The highest BCUT2D eigenvalue weighted by Gasteiger charge is 2.05. The molecule has 1 N–H and O–H groups in total. The highest BCUT2D eigenvalue weighted by atomic mass is 79.9. The number of carboxylic acid groups (broad SMARTS) is 1. The van der Waals surface area contributed by atoms with E-state index in [1.54, 1.807) is 0 Å². The molecule has 17 heavy (non-hydrogen) atoms. The maximum absolute atomic E-state index is 10.8. The van der Waals surface area contributed by atoms with Crippen LogP contribution >= 0.6 is 15.9 Å². The Balaban J connectivity index is 3.86. The number of alkyl halides is 1. The molecule has 5 heteroatoms. The van der Waals surface area contributed by atoms with Crippen LogP contribution in [0, 0.1) is 11.8 Å². The lowest BCUT2D eigenvalue weighted by Crippen LogP contribution is -2.08. The van der Waals surface area contributed by atoms with Crippen molar-refractivity contribution in [3.8, 4) is 11.8 Å². The second-order valence-electron chi connectivity index (χ2n) is 2.99. The molecule has 0 aromatic heterocycles. The number of hydrogen-bond donors (Lipinski definition) is 1. The van der Waals surface area contributed by atoms with E-state index < -0.39 is 5.97 Å². The van der Waals surface area contributed by atoms with Crippen molar-refractivity contribution in [2.24, 2.45) is 0 Å². The molecule has 0 aromatic carbocycles. The van der Waals surface area contributed by atoms with Crippen molar-refractivity contribution < 1.29 is 19.4 Å². The smallest absolute Gasteiger partial charge is 0.332 e. The Morgan fingerprint density at radius 1 is 1.35 bits per heavy atom. The summed E-state index contributed by atoms with van der Waals surface area (Å²) in [6.07, 6.45) is 1.76. The molecule has 0 radical (unpaired) electrons. The van der Waals surface area contributed by atoms with E-state index in [4.69, 9.17) is 14.6 Å². The average molecular weight is 305 g/mol. The van der Waals surface area contributed by atoms with Crippen LogP contribution < -0.4 is 0 Å². The van der Waals surface area contributed by atoms with E-state index in [0.717, 1.165) is 0 Å². The Hall–Kier alpha value is -0.830. The fourth-order valence-electron chi connectivity index (χ4n) is 0.964. The normalized spacial score (nSPS) is 10.8. The van der Waals surface area contributed by atoms with Crippen molar-refractivity contribution in [1.29, 1.82) is 0 Å². The summed E-state index contributed by atoms with van der Waals surface area (Å²) in [5, 5.41) is 9.41. The number of allylic oxidation sites excluding steroid dienone is 1. The molecule has 96 valence electrons. The molecule has 0 bridgehead atoms. The van der Waals surface area contributed by atoms with Crippen LogP contribution in [-0.4, -0.2) is 42.8 Å². The van der Waals surface area contributed by atoms with Crippen LogP contribution in [0.3, 0.4) is 0 Å². The molecule has 0 aliphatic carbocycles. The van der Waals surface area contributed by atoms with E-state index in [-0.39, 0.29) is 5.57 Å². The summed E-state index contributed by atoms with van der Waals surface area (Å²) in [6.45, 7) is 3.95. The van der Waals surface area contributed by atoms with Crippen molar-refractivity contribution in [3.63, 3.8) is 0 Å². The van der Waals surface area contributed by atoms with Gasteiger partial charge in [-0.15, -0.1) is 0 Å². The van der Waals surface area contributed by atoms with E-state index in [1.807, 2.05) is 6.92 Å². The van der Waals surface area contributed by atoms with Gasteiger partial charge in [0.15, 0.2) is 0 Å². The molecule has 0 atom stereocenters. The first-order valence-electron chi connectivity index (χ1n) is 5.34. The summed E-state index contributed by atoms with van der Waals surface area (Å²) in [7, 11) is 0. The van der Waals surface area contributed by atoms with Gasteiger partial charge in [0.2, 0.25) is 0 Å². The Bertz CT molecular complexity index is 301. The van der Waals surface area contributed by atoms with Gasteiger partial charge in [0, 0.05) is 18.6 Å². The van der Waals surface area contributed by atoms with Gasteiger partial charge >= 0.3 is 5.97 Å². The number of aliphatic carboxylic acids is 1. The molecule has 0 saturated carbocycles. The number of halogens is 1. The number of rotatable bonds is 8. The molecule has 0 rings (SSSR count). The molecule has 0 saturated heterocycles. The minimum absolute atomic E-state index is 0.259. The summed E-state index contributed by atoms with van der Waals surface area (Å²) in [5.74, 6) is 4.42. The Labute approximate surface area is 110 Å². The molecule has 0 aromatic rings. The van der Waals surface area contributed by atoms with Crippen molar-refractivity contribution in [2.45, 2.75) is 13.3 Å². The quantitative estimate of drug-likeness (QED) is 0.322. The van der Waals surface area contributed by atoms with Crippen LogP contribution in [0.4, 0.5) is 0 Å². The van der Waals surface area contributed by atoms with Crippen LogP contribution in [0.25, 0.3) is 0 Å². The third-order valence-electron chi connectivity index (χ3n) is 1.78. The molecule has 0 aliphatic heterocycles. The first kappa shape index (κ1) is 16.2. The second kappa shape index (κ2) is 11.6. The van der Waals surface area contributed by atoms with E-state index in [9.17, 15) is 4.79 Å². The van der Waals surface area contributed by atoms with E-state index >= 15 is 0 Å². The van der Waals surface area contributed by atoms with Crippen LogP contribution in [0.1, 0.15) is 13.3 Å². The van der Waals surface area contributed by atoms with Gasteiger partial charge in [-0.25, -0.2) is 4.79 Å². The summed E-state index contributed by atoms with van der Waals surface area (Å²) in [6, 6.07) is 0. The Morgan fingerprint density at radius 2 is 2.06 bits per heavy atom. The molecule has 0 heterocycles. The molecule has 0 fully saturated rings. The number of ether oxygens (including phenoxy) is 2. The summed E-state index contributed by atoms with van der Waals surface area (Å²) < 4.78 is 10.3. The van der Waals surface area contributed by atoms with Crippen molar-refractivity contribution in [1.82, 2.24) is 0 Å². The zero-order valence-corrected chi connectivity index (χ0v) is 11.5. The highest BCUT2D eigenvalue weighted by Crippen LogP contribution is 2.01. The summed E-state index contributed by atoms with van der Waals surface area (Å²) in [4.78, 5) is 10.8. The minimum atomic E-state index is -0.956. The Morgan fingerprint density at radius 3 is 2.65 bits per heavy atom. The molecular formula is C12H17BrO4. The van der Waals surface area contributed by atoms with Gasteiger partial charge in [0.05, 0.1) is 25.2 Å². The Kier molecular flexibility index (Phi) is 11.1. The fraction of sp³-hybridized carbons (Fsp3) is 0.583. The third kappa shape index (κ3) is 10.1. The molecule has 0 amide bonds. The molecule has 0 unspecified atom stereocenters. The van der Waals surface area contributed by atoms with Gasteiger partial charge in [-0.3, -0.25) is 0 Å². The van der Waals surface area contributed by atoms with Crippen molar-refractivity contribution in [2.75, 3.05) is 31.8 Å². The molecule has 0 spiro atoms. The van der Waals surface area contributed by atoms with Crippen LogP contribution in [0.5, 0.6) is 0 Å². The van der Waals surface area contributed by atoms with Gasteiger partial charge in [-0.05, 0) is 13.0 Å². The van der Waals surface area contributed by atoms with E-state index in [1.165, 1.54) is 6.08 Å². The maximum Gasteiger partial charge on any atom is 0.332 e. The number of carbonyl (C=O) groups is 1. The second-order valence-corrected chi connectivity index (χ2v) is 3.55. The lowest BCUT2D eigenvalue weighted by Gasteiger charge is -2.04. The lowest BCUT2D eigenvalue weighted by molar-refractivity contribution is -0.132. The molecule has 0 aliphatic rings. The first-order chi connectivity index (χ1) is 8.22. The highest BCUT2D eigenvalue weighted by molar-refractivity contribution is 9.09. The molecular weight excluding hydrogens is 288 g/mol. The van der Waals surface area contributed by atoms with Crippen molar-refractivity contribution in [3.05, 3.63) is 11.6 Å². The van der Waals surface area contributed by atoms with Gasteiger partial charge in [-0.1, -0.05) is 27.8 Å². The monoisotopic (exact) mass is 304 g/mol. The van der Waals surface area contributed by atoms with E-state index in [0.29, 0.717) is 38.2 Å². The lowest BCUT2D eigenvalue weighted by atomic mass is 10.2. The van der Waals surface area contributed by atoms with Gasteiger partial charge in [-0.2, -0.15) is 0 Å². The average Bonchev–Trinajstić information content (AvgIpc) is 2.31. The summed E-state index contributed by atoms with van der Waals surface area (Å²) >= 11 is 3.14. The van der Waals surface area contributed by atoms with Gasteiger partial charge in [0.1, 0.15) is 0 Å². The van der Waals surface area contributed by atoms with Crippen LogP contribution in [-0.2, 0) is 14.3 Å². The topological polar surface area (TPSA) is 55.8 Å². The zero-order valence-electron chi connectivity index (χ0n) is 9.87. The largest absolute Gasteiger partial charge is 0.478 e. The van der Waals surface area contributed by atoms with Gasteiger partial charge in [0.25, 0.3) is 0 Å². The summed E-state index contributed by atoms with van der Waals surface area (Å²) in [5.41, 5.74) is 0.259. The number of carboxylic acids is 1. The fourth-order valence-corrected chi connectivity index (χ4v) is 1.13. The van der Waals surface area contributed by atoms with Crippen LogP contribution in [0.2, 0.25) is 0 Å². The molecule has 4 nitrogen and oxygen atoms in total. The predicted octanol–water partition coefficient (Wildman–Crippen LogP) is 1.84. The van der Waals surface area contributed by atoms with Crippen molar-refractivity contribution >= 4 is 21.9 Å². The minimum Gasteiger partial charge on any atom is -0.478 e. The SMILES string of the molecule is CCOCCOCCC(=CC#CCBr)C(=O)O.